The summed E-state index contributed by atoms with van der Waals surface area (Å²) in [5.74, 6) is 0. The number of aryl methyl sites for hydroxylation is 1. The lowest BCUT2D eigenvalue weighted by atomic mass is 10.4. The minimum absolute atomic E-state index is 0.190. The van der Waals surface area contributed by atoms with Crippen molar-refractivity contribution in [2.24, 2.45) is 7.05 Å². The van der Waals surface area contributed by atoms with E-state index >= 15 is 0 Å². The van der Waals surface area contributed by atoms with Crippen molar-refractivity contribution in [2.45, 2.75) is 6.54 Å². The summed E-state index contributed by atoms with van der Waals surface area (Å²) in [5.41, 5.74) is 1.20. The van der Waals surface area contributed by atoms with Crippen LogP contribution in [0.4, 0.5) is 5.69 Å². The molecule has 0 amide bonds. The maximum Gasteiger partial charge on any atom is 0.282 e. The summed E-state index contributed by atoms with van der Waals surface area (Å²) in [6.07, 6.45) is 3.07. The molecular weight excluding hydrogens is 276 g/mol. The number of halogens is 1. The fraction of sp³-hybridized carbons (Fsp3) is 0.222. The molecule has 0 aromatic carbocycles. The third-order valence-electron chi connectivity index (χ3n) is 2.03. The molecule has 0 saturated heterocycles. The monoisotopic (exact) mass is 284 g/mol. The van der Waals surface area contributed by atoms with Crippen molar-refractivity contribution in [1.29, 1.82) is 0 Å². The average molecular weight is 285 g/mol. The van der Waals surface area contributed by atoms with E-state index in [0.717, 1.165) is 5.69 Å². The van der Waals surface area contributed by atoms with E-state index in [1.165, 1.54) is 10.9 Å². The van der Waals surface area contributed by atoms with Gasteiger partial charge in [0.05, 0.1) is 18.4 Å². The van der Waals surface area contributed by atoms with Crippen molar-refractivity contribution in [3.8, 4) is 0 Å². The molecule has 1 N–H and O–H groups in total. The van der Waals surface area contributed by atoms with Gasteiger partial charge in [0.1, 0.15) is 16.4 Å². The average Bonchev–Trinajstić information content (AvgIpc) is 2.78. The maximum absolute atomic E-state index is 11.5. The molecule has 2 aromatic heterocycles. The first kappa shape index (κ1) is 10.9. The van der Waals surface area contributed by atoms with Crippen LogP contribution in [-0.4, -0.2) is 14.9 Å². The highest BCUT2D eigenvalue weighted by Gasteiger charge is 2.06. The minimum atomic E-state index is -0.190. The molecule has 0 radical (unpaired) electrons. The zero-order chi connectivity index (χ0) is 11.5. The standard InChI is InChI=1S/C9H9BrN4O2/c1-14-9(15)8(10)7(5-12-14)11-4-6-2-3-16-13-6/h2-3,5,11H,4H2,1H3. The summed E-state index contributed by atoms with van der Waals surface area (Å²) in [6.45, 7) is 0.476. The largest absolute Gasteiger partial charge is 0.377 e. The molecule has 0 fully saturated rings. The molecule has 2 aromatic rings. The summed E-state index contributed by atoms with van der Waals surface area (Å²) in [7, 11) is 1.59. The van der Waals surface area contributed by atoms with Crippen LogP contribution in [0.3, 0.4) is 0 Å². The zero-order valence-electron chi connectivity index (χ0n) is 8.48. The zero-order valence-corrected chi connectivity index (χ0v) is 10.1. The predicted molar refractivity (Wildman–Crippen MR) is 61.0 cm³/mol. The van der Waals surface area contributed by atoms with E-state index in [9.17, 15) is 4.79 Å². The fourth-order valence-electron chi connectivity index (χ4n) is 1.15. The summed E-state index contributed by atoms with van der Waals surface area (Å²) < 4.78 is 6.40. The van der Waals surface area contributed by atoms with Crippen LogP contribution in [0.5, 0.6) is 0 Å². The van der Waals surface area contributed by atoms with Crippen LogP contribution in [0.2, 0.25) is 0 Å². The normalized spacial score (nSPS) is 10.4. The molecule has 0 bridgehead atoms. The van der Waals surface area contributed by atoms with Gasteiger partial charge in [0.2, 0.25) is 0 Å². The molecule has 0 aliphatic heterocycles. The highest BCUT2D eigenvalue weighted by Crippen LogP contribution is 2.16. The van der Waals surface area contributed by atoms with E-state index in [-0.39, 0.29) is 5.56 Å². The van der Waals surface area contributed by atoms with Gasteiger partial charge in [-0.05, 0) is 15.9 Å². The third kappa shape index (κ3) is 2.13. The Labute approximate surface area is 99.4 Å². The van der Waals surface area contributed by atoms with Crippen LogP contribution >= 0.6 is 15.9 Å². The Bertz CT molecular complexity index is 535. The molecule has 0 unspecified atom stereocenters. The Morgan fingerprint density at radius 3 is 3.12 bits per heavy atom. The second-order valence-electron chi connectivity index (χ2n) is 3.15. The first-order valence-electron chi connectivity index (χ1n) is 4.53. The molecule has 0 aliphatic carbocycles. The first-order valence-corrected chi connectivity index (χ1v) is 5.32. The highest BCUT2D eigenvalue weighted by molar-refractivity contribution is 9.10. The molecule has 0 atom stereocenters. The van der Waals surface area contributed by atoms with Gasteiger partial charge in [0, 0.05) is 13.1 Å². The summed E-state index contributed by atoms with van der Waals surface area (Å²) in [5, 5.41) is 10.7. The Balaban J connectivity index is 2.16. The maximum atomic E-state index is 11.5. The molecule has 2 heterocycles. The highest BCUT2D eigenvalue weighted by atomic mass is 79.9. The lowest BCUT2D eigenvalue weighted by Gasteiger charge is -2.06. The second kappa shape index (κ2) is 4.48. The summed E-state index contributed by atoms with van der Waals surface area (Å²) in [6, 6.07) is 1.75. The number of rotatable bonds is 3. The Morgan fingerprint density at radius 1 is 1.62 bits per heavy atom. The number of nitrogens with zero attached hydrogens (tertiary/aromatic N) is 3. The Kier molecular flexibility index (Phi) is 3.04. The van der Waals surface area contributed by atoms with Crippen molar-refractivity contribution in [1.82, 2.24) is 14.9 Å². The van der Waals surface area contributed by atoms with Gasteiger partial charge in [0.15, 0.2) is 0 Å². The molecule has 2 rings (SSSR count). The number of nitrogens with one attached hydrogen (secondary N) is 1. The van der Waals surface area contributed by atoms with Gasteiger partial charge in [-0.2, -0.15) is 5.10 Å². The molecule has 6 nitrogen and oxygen atoms in total. The van der Waals surface area contributed by atoms with E-state index < -0.39 is 0 Å². The van der Waals surface area contributed by atoms with Crippen LogP contribution in [0.1, 0.15) is 5.69 Å². The quantitative estimate of drug-likeness (QED) is 0.915. The summed E-state index contributed by atoms with van der Waals surface area (Å²) >= 11 is 3.22. The smallest absolute Gasteiger partial charge is 0.282 e. The van der Waals surface area contributed by atoms with Gasteiger partial charge in [-0.1, -0.05) is 5.16 Å². The van der Waals surface area contributed by atoms with Crippen LogP contribution in [0.25, 0.3) is 0 Å². The number of aromatic nitrogens is 3. The molecule has 0 spiro atoms. The van der Waals surface area contributed by atoms with Crippen LogP contribution < -0.4 is 10.9 Å². The van der Waals surface area contributed by atoms with Gasteiger partial charge in [-0.25, -0.2) is 4.68 Å². The van der Waals surface area contributed by atoms with E-state index in [0.29, 0.717) is 16.7 Å². The van der Waals surface area contributed by atoms with Crippen molar-refractivity contribution < 1.29 is 4.52 Å². The van der Waals surface area contributed by atoms with Crippen molar-refractivity contribution in [3.63, 3.8) is 0 Å². The van der Waals surface area contributed by atoms with Crippen molar-refractivity contribution in [3.05, 3.63) is 39.0 Å². The minimum Gasteiger partial charge on any atom is -0.377 e. The Hall–Kier alpha value is -1.63. The molecule has 84 valence electrons. The fourth-order valence-corrected chi connectivity index (χ4v) is 1.65. The van der Waals surface area contributed by atoms with E-state index in [1.54, 1.807) is 19.3 Å². The van der Waals surface area contributed by atoms with Gasteiger partial charge < -0.3 is 9.84 Å². The van der Waals surface area contributed by atoms with Gasteiger partial charge in [-0.15, -0.1) is 0 Å². The van der Waals surface area contributed by atoms with E-state index in [2.05, 4.69) is 31.5 Å². The van der Waals surface area contributed by atoms with Gasteiger partial charge >= 0.3 is 0 Å². The summed E-state index contributed by atoms with van der Waals surface area (Å²) in [4.78, 5) is 11.5. The molecular formula is C9H9BrN4O2. The lowest BCUT2D eigenvalue weighted by molar-refractivity contribution is 0.412. The number of hydrogen-bond acceptors (Lipinski definition) is 5. The van der Waals surface area contributed by atoms with E-state index in [1.807, 2.05) is 0 Å². The van der Waals surface area contributed by atoms with E-state index in [4.69, 9.17) is 4.52 Å². The lowest BCUT2D eigenvalue weighted by Crippen LogP contribution is -2.21. The first-order chi connectivity index (χ1) is 7.68. The number of hydrogen-bond donors (Lipinski definition) is 1. The predicted octanol–water partition coefficient (Wildman–Crippen LogP) is 1.14. The van der Waals surface area contributed by atoms with Crippen LogP contribution in [0.15, 0.2) is 32.3 Å². The molecule has 0 aliphatic rings. The van der Waals surface area contributed by atoms with Gasteiger partial charge in [0.25, 0.3) is 5.56 Å². The van der Waals surface area contributed by atoms with Crippen molar-refractivity contribution in [2.75, 3.05) is 5.32 Å². The second-order valence-corrected chi connectivity index (χ2v) is 3.94. The van der Waals surface area contributed by atoms with Crippen LogP contribution in [0, 0.1) is 0 Å². The molecule has 7 heteroatoms. The van der Waals surface area contributed by atoms with Crippen molar-refractivity contribution >= 4 is 21.6 Å². The van der Waals surface area contributed by atoms with Crippen LogP contribution in [-0.2, 0) is 13.6 Å². The topological polar surface area (TPSA) is 73.0 Å². The molecule has 16 heavy (non-hydrogen) atoms. The van der Waals surface area contributed by atoms with Gasteiger partial charge in [-0.3, -0.25) is 4.79 Å². The Morgan fingerprint density at radius 2 is 2.44 bits per heavy atom. The molecule has 0 saturated carbocycles. The number of anilines is 1. The SMILES string of the molecule is Cn1ncc(NCc2ccon2)c(Br)c1=O. The third-order valence-corrected chi connectivity index (χ3v) is 2.80.